The first-order valence-corrected chi connectivity index (χ1v) is 10.7. The highest BCUT2D eigenvalue weighted by atomic mass is 35.5. The van der Waals surface area contributed by atoms with Gasteiger partial charge in [-0.2, -0.15) is 0 Å². The fourth-order valence-corrected chi connectivity index (χ4v) is 4.16. The van der Waals surface area contributed by atoms with Gasteiger partial charge in [-0.15, -0.1) is 0 Å². The molecule has 2 aromatic carbocycles. The van der Waals surface area contributed by atoms with Crippen LogP contribution >= 0.6 is 23.4 Å². The maximum atomic E-state index is 11.7. The highest BCUT2D eigenvalue weighted by Gasteiger charge is 2.19. The van der Waals surface area contributed by atoms with E-state index in [1.807, 2.05) is 13.8 Å². The van der Waals surface area contributed by atoms with Gasteiger partial charge in [-0.05, 0) is 49.6 Å². The molecule has 2 N–H and O–H groups in total. The number of ether oxygens (including phenoxy) is 1. The van der Waals surface area contributed by atoms with Gasteiger partial charge in [0, 0.05) is 10.5 Å². The summed E-state index contributed by atoms with van der Waals surface area (Å²) in [6, 6.07) is 8.49. The predicted molar refractivity (Wildman–Crippen MR) is 115 cm³/mol. The Morgan fingerprint density at radius 1 is 1.21 bits per heavy atom. The number of carbonyl (C=O) groups excluding carboxylic acids is 1. The Kier molecular flexibility index (Phi) is 8.41. The number of aromatic hydroxyl groups is 1. The van der Waals surface area contributed by atoms with E-state index >= 15 is 0 Å². The molecule has 0 radical (unpaired) electrons. The first-order chi connectivity index (χ1) is 13.8. The fraction of sp³-hybridized carbons (Fsp3) is 0.364. The van der Waals surface area contributed by atoms with Crippen molar-refractivity contribution in [3.63, 3.8) is 0 Å². The molecule has 0 aromatic heterocycles. The van der Waals surface area contributed by atoms with Crippen LogP contribution in [-0.4, -0.2) is 27.4 Å². The summed E-state index contributed by atoms with van der Waals surface area (Å²) in [6.07, 6.45) is 1.99. The van der Waals surface area contributed by atoms with E-state index in [1.54, 1.807) is 30.3 Å². The summed E-state index contributed by atoms with van der Waals surface area (Å²) in [4.78, 5) is 23.4. The van der Waals surface area contributed by atoms with Crippen molar-refractivity contribution in [2.75, 3.05) is 0 Å². The van der Waals surface area contributed by atoms with E-state index in [2.05, 4.69) is 0 Å². The Labute approximate surface area is 180 Å². The third-order valence-corrected chi connectivity index (χ3v) is 6.05. The minimum absolute atomic E-state index is 0.0206. The van der Waals surface area contributed by atoms with E-state index < -0.39 is 5.97 Å². The summed E-state index contributed by atoms with van der Waals surface area (Å²) in [5.74, 6) is -0.574. The van der Waals surface area contributed by atoms with Crippen molar-refractivity contribution < 1.29 is 24.5 Å². The summed E-state index contributed by atoms with van der Waals surface area (Å²) in [5.41, 5.74) is 1.28. The molecule has 0 saturated carbocycles. The third kappa shape index (κ3) is 6.15. The van der Waals surface area contributed by atoms with Crippen LogP contribution in [0.3, 0.4) is 0 Å². The molecule has 0 spiro atoms. The topological polar surface area (TPSA) is 83.8 Å². The van der Waals surface area contributed by atoms with Crippen LogP contribution in [0.25, 0.3) is 0 Å². The smallest absolute Gasteiger partial charge is 0.307 e. The van der Waals surface area contributed by atoms with Gasteiger partial charge in [0.2, 0.25) is 0 Å². The van der Waals surface area contributed by atoms with E-state index in [-0.39, 0.29) is 23.4 Å². The molecular formula is C22H25ClO5S. The van der Waals surface area contributed by atoms with Crippen molar-refractivity contribution in [1.29, 1.82) is 0 Å². The van der Waals surface area contributed by atoms with Crippen molar-refractivity contribution >= 4 is 35.1 Å². The number of carbonyl (C=O) groups is 2. The zero-order valence-corrected chi connectivity index (χ0v) is 18.3. The van der Waals surface area contributed by atoms with Gasteiger partial charge in [0.15, 0.2) is 5.78 Å². The Hall–Kier alpha value is -2.18. The molecule has 2 rings (SSSR count). The lowest BCUT2D eigenvalue weighted by molar-refractivity contribution is -0.136. The van der Waals surface area contributed by atoms with Crippen molar-refractivity contribution in [3.05, 3.63) is 52.0 Å². The largest absolute Gasteiger partial charge is 0.507 e. The summed E-state index contributed by atoms with van der Waals surface area (Å²) in [6.45, 7) is 5.40. The van der Waals surface area contributed by atoms with Gasteiger partial charge >= 0.3 is 5.97 Å². The zero-order chi connectivity index (χ0) is 21.6. The van der Waals surface area contributed by atoms with Crippen LogP contribution in [0.15, 0.2) is 35.2 Å². The van der Waals surface area contributed by atoms with Crippen LogP contribution in [0.4, 0.5) is 0 Å². The molecule has 7 heteroatoms. The number of phenols is 1. The van der Waals surface area contributed by atoms with E-state index in [4.69, 9.17) is 21.4 Å². The lowest BCUT2D eigenvalue weighted by Crippen LogP contribution is -2.13. The molecule has 156 valence electrons. The van der Waals surface area contributed by atoms with Crippen LogP contribution < -0.4 is 4.74 Å². The minimum Gasteiger partial charge on any atom is -0.507 e. The standard InChI is InChI=1S/C22H25ClO5S/c1-4-6-16-18(9-8-15(13(3)24)22(16)27)28-21(5-2)29-19-10-7-14(11-17(19)23)12-20(25)26/h7-11,21,27H,4-6,12H2,1-3H3,(H,25,26). The van der Waals surface area contributed by atoms with E-state index in [0.29, 0.717) is 40.3 Å². The van der Waals surface area contributed by atoms with Gasteiger partial charge in [-0.3, -0.25) is 9.59 Å². The lowest BCUT2D eigenvalue weighted by Gasteiger charge is -2.21. The first kappa shape index (κ1) is 23.1. The molecule has 0 fully saturated rings. The van der Waals surface area contributed by atoms with Gasteiger partial charge in [-0.1, -0.05) is 49.7 Å². The highest BCUT2D eigenvalue weighted by molar-refractivity contribution is 7.99. The first-order valence-electron chi connectivity index (χ1n) is 9.46. The maximum Gasteiger partial charge on any atom is 0.307 e. The number of ketones is 1. The molecule has 5 nitrogen and oxygen atoms in total. The fourth-order valence-electron chi connectivity index (χ4n) is 2.90. The number of aliphatic carboxylic acids is 1. The summed E-state index contributed by atoms with van der Waals surface area (Å²) < 4.78 is 6.16. The molecule has 29 heavy (non-hydrogen) atoms. The average Bonchev–Trinajstić information content (AvgIpc) is 2.65. The Morgan fingerprint density at radius 2 is 1.93 bits per heavy atom. The van der Waals surface area contributed by atoms with Crippen LogP contribution in [0, 0.1) is 0 Å². The van der Waals surface area contributed by atoms with Crippen LogP contribution in [-0.2, 0) is 17.6 Å². The SMILES string of the molecule is CCCc1c(OC(CC)Sc2ccc(CC(=O)O)cc2Cl)ccc(C(C)=O)c1O. The number of phenolic OH excluding ortho intramolecular Hbond substituents is 1. The Balaban J connectivity index is 2.25. The number of hydrogen-bond acceptors (Lipinski definition) is 5. The van der Waals surface area contributed by atoms with E-state index in [1.165, 1.54) is 18.7 Å². The van der Waals surface area contributed by atoms with Crippen molar-refractivity contribution in [2.45, 2.75) is 56.8 Å². The summed E-state index contributed by atoms with van der Waals surface area (Å²) in [7, 11) is 0. The van der Waals surface area contributed by atoms with Crippen molar-refractivity contribution in [2.24, 2.45) is 0 Å². The molecule has 2 aromatic rings. The maximum absolute atomic E-state index is 11.7. The molecular weight excluding hydrogens is 412 g/mol. The molecule has 0 aliphatic carbocycles. The third-order valence-electron chi connectivity index (χ3n) is 4.32. The Bertz CT molecular complexity index is 897. The number of carboxylic acid groups (broad SMARTS) is 1. The van der Waals surface area contributed by atoms with Crippen LogP contribution in [0.1, 0.15) is 55.1 Å². The monoisotopic (exact) mass is 436 g/mol. The van der Waals surface area contributed by atoms with Crippen molar-refractivity contribution in [1.82, 2.24) is 0 Å². The number of rotatable bonds is 10. The number of Topliss-reactive ketones (excluding diaryl/α,β-unsaturated/α-hetero) is 1. The summed E-state index contributed by atoms with van der Waals surface area (Å²) in [5, 5.41) is 19.9. The number of thioether (sulfide) groups is 1. The minimum atomic E-state index is -0.909. The molecule has 0 amide bonds. The zero-order valence-electron chi connectivity index (χ0n) is 16.7. The number of halogens is 1. The quantitative estimate of drug-likeness (QED) is 0.281. The number of hydrogen-bond donors (Lipinski definition) is 2. The molecule has 0 aliphatic rings. The number of benzene rings is 2. The molecule has 1 unspecified atom stereocenters. The van der Waals surface area contributed by atoms with Crippen molar-refractivity contribution in [3.8, 4) is 11.5 Å². The summed E-state index contributed by atoms with van der Waals surface area (Å²) >= 11 is 7.76. The molecule has 0 heterocycles. The second-order valence-corrected chi connectivity index (χ2v) is 8.26. The molecule has 0 bridgehead atoms. The van der Waals surface area contributed by atoms with E-state index in [0.717, 1.165) is 11.3 Å². The van der Waals surface area contributed by atoms with Gasteiger partial charge in [0.1, 0.15) is 16.9 Å². The lowest BCUT2D eigenvalue weighted by atomic mass is 10.0. The van der Waals surface area contributed by atoms with Gasteiger partial charge in [0.25, 0.3) is 0 Å². The molecule has 0 saturated heterocycles. The number of carboxylic acids is 1. The van der Waals surface area contributed by atoms with Gasteiger partial charge in [0.05, 0.1) is 17.0 Å². The normalized spacial score (nSPS) is 11.9. The second-order valence-electron chi connectivity index (χ2n) is 6.65. The Morgan fingerprint density at radius 3 is 2.48 bits per heavy atom. The van der Waals surface area contributed by atoms with Gasteiger partial charge < -0.3 is 14.9 Å². The van der Waals surface area contributed by atoms with E-state index in [9.17, 15) is 14.7 Å². The predicted octanol–water partition coefficient (Wildman–Crippen LogP) is 5.74. The van der Waals surface area contributed by atoms with Crippen LogP contribution in [0.2, 0.25) is 5.02 Å². The average molecular weight is 437 g/mol. The molecule has 1 atom stereocenters. The highest BCUT2D eigenvalue weighted by Crippen LogP contribution is 2.38. The molecule has 0 aliphatic heterocycles. The van der Waals surface area contributed by atoms with Crippen LogP contribution in [0.5, 0.6) is 11.5 Å². The second kappa shape index (κ2) is 10.6. The van der Waals surface area contributed by atoms with Gasteiger partial charge in [-0.25, -0.2) is 0 Å².